The molecular weight excluding hydrogens is 250 g/mol. The Hall–Kier alpha value is -0.610. The lowest BCUT2D eigenvalue weighted by atomic mass is 9.86. The van der Waals surface area contributed by atoms with E-state index in [4.69, 9.17) is 5.73 Å². The van der Waals surface area contributed by atoms with E-state index < -0.39 is 0 Å². The summed E-state index contributed by atoms with van der Waals surface area (Å²) in [4.78, 5) is 16.9. The van der Waals surface area contributed by atoms with E-state index in [1.165, 1.54) is 38.5 Å². The lowest BCUT2D eigenvalue weighted by Crippen LogP contribution is -2.49. The maximum absolute atomic E-state index is 12.3. The SMILES string of the molecule is NCCCCN1CCN(C(=O)CC2CCCCC2)CC1. The van der Waals surface area contributed by atoms with Crippen molar-refractivity contribution < 1.29 is 4.79 Å². The lowest BCUT2D eigenvalue weighted by Gasteiger charge is -2.35. The first kappa shape index (κ1) is 15.8. The van der Waals surface area contributed by atoms with Crippen molar-refractivity contribution in [2.24, 2.45) is 11.7 Å². The van der Waals surface area contributed by atoms with Gasteiger partial charge in [-0.3, -0.25) is 9.69 Å². The Morgan fingerprint density at radius 1 is 1.00 bits per heavy atom. The first-order valence-electron chi connectivity index (χ1n) is 8.50. The molecule has 1 saturated heterocycles. The first-order valence-corrected chi connectivity index (χ1v) is 8.50. The molecule has 2 N–H and O–H groups in total. The van der Waals surface area contributed by atoms with Gasteiger partial charge in [-0.2, -0.15) is 0 Å². The number of hydrogen-bond acceptors (Lipinski definition) is 3. The van der Waals surface area contributed by atoms with Crippen molar-refractivity contribution in [2.45, 2.75) is 51.4 Å². The average Bonchev–Trinajstić information content (AvgIpc) is 2.49. The fraction of sp³-hybridized carbons (Fsp3) is 0.938. The molecule has 2 fully saturated rings. The molecule has 2 aliphatic rings. The van der Waals surface area contributed by atoms with Gasteiger partial charge in [0.05, 0.1) is 0 Å². The molecule has 1 saturated carbocycles. The number of amides is 1. The summed E-state index contributed by atoms with van der Waals surface area (Å²) in [6.07, 6.45) is 9.65. The summed E-state index contributed by atoms with van der Waals surface area (Å²) in [7, 11) is 0. The molecule has 4 heteroatoms. The minimum Gasteiger partial charge on any atom is -0.340 e. The minimum atomic E-state index is 0.401. The zero-order valence-corrected chi connectivity index (χ0v) is 12.9. The Balaban J connectivity index is 1.63. The van der Waals surface area contributed by atoms with E-state index >= 15 is 0 Å². The third kappa shape index (κ3) is 5.06. The summed E-state index contributed by atoms with van der Waals surface area (Å²) >= 11 is 0. The van der Waals surface area contributed by atoms with Crippen molar-refractivity contribution in [3.05, 3.63) is 0 Å². The van der Waals surface area contributed by atoms with Gasteiger partial charge >= 0.3 is 0 Å². The Labute approximate surface area is 123 Å². The number of rotatable bonds is 6. The van der Waals surface area contributed by atoms with Crippen LogP contribution < -0.4 is 5.73 Å². The molecule has 0 aromatic rings. The van der Waals surface area contributed by atoms with Gasteiger partial charge in [0.15, 0.2) is 0 Å². The van der Waals surface area contributed by atoms with E-state index in [-0.39, 0.29) is 0 Å². The molecule has 0 spiro atoms. The van der Waals surface area contributed by atoms with Gasteiger partial charge in [0, 0.05) is 32.6 Å². The van der Waals surface area contributed by atoms with Crippen molar-refractivity contribution in [2.75, 3.05) is 39.3 Å². The third-order valence-electron chi connectivity index (χ3n) is 4.84. The molecule has 1 amide bonds. The van der Waals surface area contributed by atoms with Gasteiger partial charge in [0.2, 0.25) is 5.91 Å². The number of carbonyl (C=O) groups excluding carboxylic acids is 1. The smallest absolute Gasteiger partial charge is 0.222 e. The monoisotopic (exact) mass is 281 g/mol. The Kier molecular flexibility index (Phi) is 6.80. The molecule has 0 aromatic heterocycles. The first-order chi connectivity index (χ1) is 9.79. The second-order valence-corrected chi connectivity index (χ2v) is 6.43. The van der Waals surface area contributed by atoms with Crippen molar-refractivity contribution in [3.8, 4) is 0 Å². The van der Waals surface area contributed by atoms with Crippen LogP contribution in [-0.4, -0.2) is 55.0 Å². The quantitative estimate of drug-likeness (QED) is 0.756. The molecule has 1 aliphatic heterocycles. The van der Waals surface area contributed by atoms with E-state index in [9.17, 15) is 4.79 Å². The number of piperazine rings is 1. The summed E-state index contributed by atoms with van der Waals surface area (Å²) in [5, 5.41) is 0. The number of unbranched alkanes of at least 4 members (excludes halogenated alkanes) is 1. The highest BCUT2D eigenvalue weighted by Crippen LogP contribution is 2.27. The molecule has 0 aromatic carbocycles. The predicted molar refractivity (Wildman–Crippen MR) is 82.5 cm³/mol. The zero-order valence-electron chi connectivity index (χ0n) is 12.9. The average molecular weight is 281 g/mol. The normalized spacial score (nSPS) is 22.1. The standard InChI is InChI=1S/C16H31N3O/c17-8-4-5-9-18-10-12-19(13-11-18)16(20)14-15-6-2-1-3-7-15/h15H,1-14,17H2. The summed E-state index contributed by atoms with van der Waals surface area (Å²) in [5.74, 6) is 1.07. The van der Waals surface area contributed by atoms with Crippen LogP contribution in [0.3, 0.4) is 0 Å². The van der Waals surface area contributed by atoms with Crippen LogP contribution in [0.25, 0.3) is 0 Å². The van der Waals surface area contributed by atoms with Gasteiger partial charge in [0.1, 0.15) is 0 Å². The number of hydrogen-bond donors (Lipinski definition) is 1. The van der Waals surface area contributed by atoms with Gasteiger partial charge in [-0.25, -0.2) is 0 Å². The van der Waals surface area contributed by atoms with E-state index in [0.717, 1.165) is 52.1 Å². The fourth-order valence-electron chi connectivity index (χ4n) is 3.47. The highest BCUT2D eigenvalue weighted by Gasteiger charge is 2.24. The molecule has 4 nitrogen and oxygen atoms in total. The van der Waals surface area contributed by atoms with Gasteiger partial charge in [-0.05, 0) is 44.7 Å². The van der Waals surface area contributed by atoms with Gasteiger partial charge in [-0.15, -0.1) is 0 Å². The molecule has 0 unspecified atom stereocenters. The van der Waals surface area contributed by atoms with Gasteiger partial charge < -0.3 is 10.6 Å². The highest BCUT2D eigenvalue weighted by molar-refractivity contribution is 5.76. The van der Waals surface area contributed by atoms with Crippen molar-refractivity contribution in [1.82, 2.24) is 9.80 Å². The van der Waals surface area contributed by atoms with Crippen LogP contribution in [0.4, 0.5) is 0 Å². The zero-order chi connectivity index (χ0) is 14.2. The third-order valence-corrected chi connectivity index (χ3v) is 4.84. The van der Waals surface area contributed by atoms with Crippen LogP contribution >= 0.6 is 0 Å². The largest absolute Gasteiger partial charge is 0.340 e. The van der Waals surface area contributed by atoms with Crippen molar-refractivity contribution in [3.63, 3.8) is 0 Å². The molecule has 2 rings (SSSR count). The molecule has 116 valence electrons. The number of nitrogens with two attached hydrogens (primary N) is 1. The topological polar surface area (TPSA) is 49.6 Å². The van der Waals surface area contributed by atoms with Crippen LogP contribution in [-0.2, 0) is 4.79 Å². The Bertz CT molecular complexity index is 281. The Morgan fingerprint density at radius 3 is 2.35 bits per heavy atom. The molecule has 20 heavy (non-hydrogen) atoms. The maximum atomic E-state index is 12.3. The van der Waals surface area contributed by atoms with Crippen LogP contribution in [0.2, 0.25) is 0 Å². The molecular formula is C16H31N3O. The maximum Gasteiger partial charge on any atom is 0.222 e. The van der Waals surface area contributed by atoms with Gasteiger partial charge in [-0.1, -0.05) is 19.3 Å². The van der Waals surface area contributed by atoms with Crippen molar-refractivity contribution in [1.29, 1.82) is 0 Å². The number of carbonyl (C=O) groups is 1. The molecule has 0 atom stereocenters. The van der Waals surface area contributed by atoms with Gasteiger partial charge in [0.25, 0.3) is 0 Å². The van der Waals surface area contributed by atoms with E-state index in [0.29, 0.717) is 11.8 Å². The van der Waals surface area contributed by atoms with Crippen LogP contribution in [0.5, 0.6) is 0 Å². The Morgan fingerprint density at radius 2 is 1.70 bits per heavy atom. The van der Waals surface area contributed by atoms with Crippen LogP contribution in [0.15, 0.2) is 0 Å². The molecule has 0 bridgehead atoms. The minimum absolute atomic E-state index is 0.401. The number of nitrogens with zero attached hydrogens (tertiary/aromatic N) is 2. The van der Waals surface area contributed by atoms with Crippen molar-refractivity contribution >= 4 is 5.91 Å². The van der Waals surface area contributed by atoms with E-state index in [1.807, 2.05) is 0 Å². The lowest BCUT2D eigenvalue weighted by molar-refractivity contribution is -0.134. The molecule has 1 aliphatic carbocycles. The second-order valence-electron chi connectivity index (χ2n) is 6.43. The summed E-state index contributed by atoms with van der Waals surface area (Å²) < 4.78 is 0. The van der Waals surface area contributed by atoms with Crippen LogP contribution in [0.1, 0.15) is 51.4 Å². The predicted octanol–water partition coefficient (Wildman–Crippen LogP) is 1.84. The van der Waals surface area contributed by atoms with E-state index in [2.05, 4.69) is 9.80 Å². The van der Waals surface area contributed by atoms with Crippen LogP contribution in [0, 0.1) is 5.92 Å². The fourth-order valence-corrected chi connectivity index (χ4v) is 3.47. The van der Waals surface area contributed by atoms with E-state index in [1.54, 1.807) is 0 Å². The summed E-state index contributed by atoms with van der Waals surface area (Å²) in [6, 6.07) is 0. The molecule has 0 radical (unpaired) electrons. The molecule has 1 heterocycles. The highest BCUT2D eigenvalue weighted by atomic mass is 16.2. The second kappa shape index (κ2) is 8.63. The summed E-state index contributed by atoms with van der Waals surface area (Å²) in [6.45, 7) is 5.87. The summed E-state index contributed by atoms with van der Waals surface area (Å²) in [5.41, 5.74) is 5.52.